The summed E-state index contributed by atoms with van der Waals surface area (Å²) in [6, 6.07) is 7.77. The molecule has 0 radical (unpaired) electrons. The maximum Gasteiger partial charge on any atom is 0.224 e. The lowest BCUT2D eigenvalue weighted by Gasteiger charge is -2.17. The van der Waals surface area contributed by atoms with Crippen molar-refractivity contribution in [3.63, 3.8) is 0 Å². The third-order valence-corrected chi connectivity index (χ3v) is 2.79. The zero-order chi connectivity index (χ0) is 14.8. The summed E-state index contributed by atoms with van der Waals surface area (Å²) in [6.45, 7) is 1.11. The van der Waals surface area contributed by atoms with Crippen LogP contribution in [0.3, 0.4) is 0 Å². The average molecular weight is 275 g/mol. The van der Waals surface area contributed by atoms with Crippen LogP contribution in [-0.2, 0) is 16.1 Å². The third-order valence-electron chi connectivity index (χ3n) is 2.79. The van der Waals surface area contributed by atoms with Crippen LogP contribution in [0.4, 0.5) is 0 Å². The van der Waals surface area contributed by atoms with Crippen molar-refractivity contribution in [2.24, 2.45) is 0 Å². The van der Waals surface area contributed by atoms with Crippen LogP contribution in [0.15, 0.2) is 24.3 Å². The molecule has 0 unspecified atom stereocenters. The number of hydrogen-bond donors (Lipinski definition) is 1. The molecule has 108 valence electrons. The second-order valence-electron chi connectivity index (χ2n) is 4.46. The second kappa shape index (κ2) is 9.13. The molecule has 4 nitrogen and oxygen atoms in total. The number of aliphatic hydroxyl groups excluding tert-OH is 1. The number of methoxy groups -OCH3 is 1. The second-order valence-corrected chi connectivity index (χ2v) is 4.46. The fourth-order valence-corrected chi connectivity index (χ4v) is 1.66. The van der Waals surface area contributed by atoms with Crippen LogP contribution in [0.5, 0.6) is 0 Å². The largest absolute Gasteiger partial charge is 0.395 e. The number of nitrogens with zero attached hydrogens (tertiary/aromatic N) is 1. The molecule has 0 aliphatic heterocycles. The van der Waals surface area contributed by atoms with Gasteiger partial charge in [-0.25, -0.2) is 0 Å². The van der Waals surface area contributed by atoms with Gasteiger partial charge in [-0.15, -0.1) is 0 Å². The predicted octanol–water partition coefficient (Wildman–Crippen LogP) is 1.42. The molecule has 0 aromatic heterocycles. The fraction of sp³-hybridized carbons (Fsp3) is 0.438. The Morgan fingerprint density at radius 1 is 1.35 bits per heavy atom. The molecule has 0 aliphatic rings. The van der Waals surface area contributed by atoms with Gasteiger partial charge in [0, 0.05) is 32.7 Å². The molecule has 0 saturated heterocycles. The van der Waals surface area contributed by atoms with Crippen LogP contribution in [0.2, 0.25) is 0 Å². The first-order valence-corrected chi connectivity index (χ1v) is 6.59. The monoisotopic (exact) mass is 275 g/mol. The molecule has 0 heterocycles. The molecule has 0 spiro atoms. The van der Waals surface area contributed by atoms with Gasteiger partial charge < -0.3 is 14.7 Å². The van der Waals surface area contributed by atoms with E-state index in [1.165, 1.54) is 0 Å². The molecule has 4 heteroatoms. The van der Waals surface area contributed by atoms with Crippen LogP contribution in [0.25, 0.3) is 0 Å². The zero-order valence-electron chi connectivity index (χ0n) is 12.1. The highest BCUT2D eigenvalue weighted by atomic mass is 16.5. The van der Waals surface area contributed by atoms with E-state index in [4.69, 9.17) is 9.84 Å². The Balaban J connectivity index is 2.53. The van der Waals surface area contributed by atoms with Gasteiger partial charge in [-0.3, -0.25) is 4.79 Å². The van der Waals surface area contributed by atoms with Crippen molar-refractivity contribution in [2.75, 3.05) is 27.4 Å². The lowest BCUT2D eigenvalue weighted by atomic mass is 10.1. The van der Waals surface area contributed by atoms with Gasteiger partial charge in [0.05, 0.1) is 19.6 Å². The normalized spacial score (nSPS) is 9.75. The third kappa shape index (κ3) is 5.87. The van der Waals surface area contributed by atoms with Gasteiger partial charge in [0.2, 0.25) is 5.91 Å². The standard InChI is InChI=1S/C16H21NO3/c1-17(16(19)10-12-20-2)13-15-8-6-14(7-9-15)5-3-4-11-18/h6-9,18H,4,10-13H2,1-2H3. The molecule has 0 bridgehead atoms. The zero-order valence-corrected chi connectivity index (χ0v) is 12.1. The van der Waals surface area contributed by atoms with Crippen LogP contribution < -0.4 is 0 Å². The molecule has 0 fully saturated rings. The summed E-state index contributed by atoms with van der Waals surface area (Å²) in [5, 5.41) is 8.65. The van der Waals surface area contributed by atoms with Crippen molar-refractivity contribution < 1.29 is 14.6 Å². The summed E-state index contributed by atoms with van der Waals surface area (Å²) in [7, 11) is 3.37. The van der Waals surface area contributed by atoms with E-state index in [1.54, 1.807) is 19.1 Å². The van der Waals surface area contributed by atoms with E-state index in [2.05, 4.69) is 11.8 Å². The summed E-state index contributed by atoms with van der Waals surface area (Å²) >= 11 is 0. The van der Waals surface area contributed by atoms with Crippen molar-refractivity contribution in [1.29, 1.82) is 0 Å². The van der Waals surface area contributed by atoms with Crippen molar-refractivity contribution in [1.82, 2.24) is 4.90 Å². The Morgan fingerprint density at radius 2 is 2.05 bits per heavy atom. The van der Waals surface area contributed by atoms with E-state index in [9.17, 15) is 4.79 Å². The SMILES string of the molecule is COCCC(=O)N(C)Cc1ccc(C#CCCO)cc1. The molecule has 0 saturated carbocycles. The number of amides is 1. The Morgan fingerprint density at radius 3 is 2.65 bits per heavy atom. The first-order valence-electron chi connectivity index (χ1n) is 6.59. The molecule has 1 rings (SSSR count). The van der Waals surface area contributed by atoms with E-state index in [0.29, 0.717) is 26.0 Å². The first-order chi connectivity index (χ1) is 9.67. The lowest BCUT2D eigenvalue weighted by molar-refractivity contribution is -0.131. The molecule has 0 atom stereocenters. The van der Waals surface area contributed by atoms with Crippen LogP contribution in [-0.4, -0.2) is 43.3 Å². The van der Waals surface area contributed by atoms with E-state index in [1.807, 2.05) is 24.3 Å². The molecule has 1 aromatic carbocycles. The van der Waals surface area contributed by atoms with Gasteiger partial charge in [0.15, 0.2) is 0 Å². The molecular weight excluding hydrogens is 254 g/mol. The van der Waals surface area contributed by atoms with E-state index in [-0.39, 0.29) is 12.5 Å². The number of carbonyl (C=O) groups excluding carboxylic acids is 1. The number of rotatable bonds is 6. The summed E-state index contributed by atoms with van der Waals surface area (Å²) in [6.07, 6.45) is 0.885. The maximum atomic E-state index is 11.7. The lowest BCUT2D eigenvalue weighted by Crippen LogP contribution is -2.26. The highest BCUT2D eigenvalue weighted by Gasteiger charge is 2.08. The molecule has 1 N–H and O–H groups in total. The van der Waals surface area contributed by atoms with Gasteiger partial charge in [0.1, 0.15) is 0 Å². The Bertz CT molecular complexity index is 471. The number of carbonyl (C=O) groups is 1. The average Bonchev–Trinajstić information content (AvgIpc) is 2.46. The summed E-state index contributed by atoms with van der Waals surface area (Å²) < 4.78 is 4.89. The first kappa shape index (κ1) is 16.2. The van der Waals surface area contributed by atoms with Crippen molar-refractivity contribution >= 4 is 5.91 Å². The van der Waals surface area contributed by atoms with Crippen molar-refractivity contribution in [3.8, 4) is 11.8 Å². The smallest absolute Gasteiger partial charge is 0.224 e. The minimum absolute atomic E-state index is 0.0682. The fourth-order valence-electron chi connectivity index (χ4n) is 1.66. The van der Waals surface area contributed by atoms with Crippen molar-refractivity contribution in [2.45, 2.75) is 19.4 Å². The van der Waals surface area contributed by atoms with Gasteiger partial charge >= 0.3 is 0 Å². The molecular formula is C16H21NO3. The van der Waals surface area contributed by atoms with Gasteiger partial charge in [-0.2, -0.15) is 0 Å². The van der Waals surface area contributed by atoms with Crippen LogP contribution in [0.1, 0.15) is 24.0 Å². The summed E-state index contributed by atoms with van der Waals surface area (Å²) in [5.41, 5.74) is 1.97. The molecule has 20 heavy (non-hydrogen) atoms. The van der Waals surface area contributed by atoms with Gasteiger partial charge in [-0.1, -0.05) is 24.0 Å². The predicted molar refractivity (Wildman–Crippen MR) is 78.0 cm³/mol. The highest BCUT2D eigenvalue weighted by Crippen LogP contribution is 2.07. The summed E-state index contributed by atoms with van der Waals surface area (Å²) in [5.74, 6) is 5.91. The quantitative estimate of drug-likeness (QED) is 0.799. The minimum Gasteiger partial charge on any atom is -0.395 e. The molecule has 1 aromatic rings. The summed E-state index contributed by atoms with van der Waals surface area (Å²) in [4.78, 5) is 13.4. The van der Waals surface area contributed by atoms with E-state index in [0.717, 1.165) is 11.1 Å². The maximum absolute atomic E-state index is 11.7. The Hall–Kier alpha value is -1.83. The number of ether oxygens (including phenoxy) is 1. The minimum atomic E-state index is 0.0682. The number of aliphatic hydroxyl groups is 1. The molecule has 0 aliphatic carbocycles. The Kier molecular flexibility index (Phi) is 7.41. The number of hydrogen-bond acceptors (Lipinski definition) is 3. The van der Waals surface area contributed by atoms with Gasteiger partial charge in [0.25, 0.3) is 0 Å². The van der Waals surface area contributed by atoms with Crippen LogP contribution in [0, 0.1) is 11.8 Å². The highest BCUT2D eigenvalue weighted by molar-refractivity contribution is 5.75. The topological polar surface area (TPSA) is 49.8 Å². The van der Waals surface area contributed by atoms with E-state index < -0.39 is 0 Å². The van der Waals surface area contributed by atoms with Crippen molar-refractivity contribution in [3.05, 3.63) is 35.4 Å². The van der Waals surface area contributed by atoms with Gasteiger partial charge in [-0.05, 0) is 17.7 Å². The van der Waals surface area contributed by atoms with E-state index >= 15 is 0 Å². The number of benzene rings is 1. The molecule has 1 amide bonds. The van der Waals surface area contributed by atoms with Crippen LogP contribution >= 0.6 is 0 Å². The Labute approximate surface area is 120 Å².